The fourth-order valence-corrected chi connectivity index (χ4v) is 3.45. The van der Waals surface area contributed by atoms with Crippen LogP contribution in [-0.2, 0) is 0 Å². The molecule has 6 nitrogen and oxygen atoms in total. The Balaban J connectivity index is 1.94. The Labute approximate surface area is 166 Å². The van der Waals surface area contributed by atoms with E-state index in [2.05, 4.69) is 6.07 Å². The van der Waals surface area contributed by atoms with Gasteiger partial charge in [-0.3, -0.25) is 0 Å². The quantitative estimate of drug-likeness (QED) is 0.537. The highest BCUT2D eigenvalue weighted by molar-refractivity contribution is 6.01. The number of aromatic nitrogens is 1. The molecule has 1 aromatic heterocycles. The summed E-state index contributed by atoms with van der Waals surface area (Å²) in [6.07, 6.45) is 3.42. The fourth-order valence-electron chi connectivity index (χ4n) is 3.45. The average Bonchev–Trinajstić information content (AvgIpc) is 3.16. The van der Waals surface area contributed by atoms with Crippen LogP contribution in [0.4, 0.5) is 0 Å². The largest absolute Gasteiger partial charge is 0.507 e. The van der Waals surface area contributed by atoms with Gasteiger partial charge in [0.1, 0.15) is 23.1 Å². The molecule has 0 aliphatic heterocycles. The highest BCUT2D eigenvalue weighted by Gasteiger charge is 2.18. The smallest absolute Gasteiger partial charge is 0.339 e. The lowest BCUT2D eigenvalue weighted by Crippen LogP contribution is -1.98. The van der Waals surface area contributed by atoms with Crippen LogP contribution in [0.15, 0.2) is 67.0 Å². The van der Waals surface area contributed by atoms with E-state index in [4.69, 9.17) is 9.84 Å². The Kier molecular flexibility index (Phi) is 4.41. The number of ether oxygens (including phenoxy) is 1. The Hall–Kier alpha value is -4.24. The summed E-state index contributed by atoms with van der Waals surface area (Å²) in [6.45, 7) is 0. The molecule has 0 aliphatic rings. The van der Waals surface area contributed by atoms with E-state index < -0.39 is 5.97 Å². The highest BCUT2D eigenvalue weighted by Crippen LogP contribution is 2.39. The van der Waals surface area contributed by atoms with E-state index in [9.17, 15) is 15.2 Å². The predicted molar refractivity (Wildman–Crippen MR) is 109 cm³/mol. The van der Waals surface area contributed by atoms with Gasteiger partial charge >= 0.3 is 5.97 Å². The molecule has 0 radical (unpaired) electrons. The molecule has 0 unspecified atom stereocenters. The van der Waals surface area contributed by atoms with Crippen molar-refractivity contribution in [1.29, 1.82) is 5.26 Å². The van der Waals surface area contributed by atoms with Gasteiger partial charge in [-0.15, -0.1) is 0 Å². The van der Waals surface area contributed by atoms with E-state index in [1.54, 1.807) is 30.1 Å². The van der Waals surface area contributed by atoms with Crippen LogP contribution in [0.25, 0.3) is 27.6 Å². The average molecular weight is 384 g/mol. The molecule has 4 aromatic rings. The van der Waals surface area contributed by atoms with Crippen molar-refractivity contribution in [2.24, 2.45) is 0 Å². The normalized spacial score (nSPS) is 10.6. The number of carboxylic acid groups (broad SMARTS) is 1. The van der Waals surface area contributed by atoms with Crippen LogP contribution in [0.1, 0.15) is 15.9 Å². The van der Waals surface area contributed by atoms with E-state index in [0.29, 0.717) is 22.6 Å². The summed E-state index contributed by atoms with van der Waals surface area (Å²) >= 11 is 0. The molecule has 0 aliphatic carbocycles. The minimum Gasteiger partial charge on any atom is -0.507 e. The molecule has 0 atom stereocenters. The number of aromatic hydroxyl groups is 1. The lowest BCUT2D eigenvalue weighted by atomic mass is 9.97. The van der Waals surface area contributed by atoms with E-state index >= 15 is 0 Å². The number of carbonyl (C=O) groups is 1. The first-order valence-corrected chi connectivity index (χ1v) is 8.78. The fraction of sp³-hybridized carbons (Fsp3) is 0.0435. The van der Waals surface area contributed by atoms with E-state index in [1.807, 2.05) is 36.4 Å². The zero-order chi connectivity index (χ0) is 20.5. The van der Waals surface area contributed by atoms with Crippen molar-refractivity contribution < 1.29 is 19.7 Å². The van der Waals surface area contributed by atoms with Gasteiger partial charge in [0, 0.05) is 35.3 Å². The second-order valence-corrected chi connectivity index (χ2v) is 6.48. The number of nitrogens with zero attached hydrogens (tertiary/aromatic N) is 2. The summed E-state index contributed by atoms with van der Waals surface area (Å²) in [4.78, 5) is 11.1. The summed E-state index contributed by atoms with van der Waals surface area (Å²) in [5.41, 5.74) is 2.27. The van der Waals surface area contributed by atoms with Gasteiger partial charge in [0.25, 0.3) is 0 Å². The Morgan fingerprint density at radius 3 is 2.59 bits per heavy atom. The zero-order valence-corrected chi connectivity index (χ0v) is 15.5. The highest BCUT2D eigenvalue weighted by atomic mass is 16.5. The second-order valence-electron chi connectivity index (χ2n) is 6.48. The van der Waals surface area contributed by atoms with Gasteiger partial charge in [-0.05, 0) is 29.0 Å². The number of fused-ring (bicyclic) bond motifs is 1. The third-order valence-corrected chi connectivity index (χ3v) is 4.84. The second kappa shape index (κ2) is 7.06. The van der Waals surface area contributed by atoms with Crippen molar-refractivity contribution >= 4 is 16.7 Å². The number of nitriles is 1. The van der Waals surface area contributed by atoms with Gasteiger partial charge in [0.2, 0.25) is 0 Å². The maximum atomic E-state index is 11.1. The van der Waals surface area contributed by atoms with Crippen molar-refractivity contribution in [3.63, 3.8) is 0 Å². The van der Waals surface area contributed by atoms with Crippen LogP contribution in [0.3, 0.4) is 0 Å². The van der Waals surface area contributed by atoms with Crippen molar-refractivity contribution in [3.05, 3.63) is 78.1 Å². The van der Waals surface area contributed by atoms with Gasteiger partial charge in [-0.25, -0.2) is 4.79 Å². The Morgan fingerprint density at radius 2 is 1.90 bits per heavy atom. The maximum absolute atomic E-state index is 11.1. The van der Waals surface area contributed by atoms with Crippen molar-refractivity contribution in [2.45, 2.75) is 0 Å². The van der Waals surface area contributed by atoms with Gasteiger partial charge in [0.15, 0.2) is 0 Å². The lowest BCUT2D eigenvalue weighted by Gasteiger charge is -2.11. The monoisotopic (exact) mass is 384 g/mol. The van der Waals surface area contributed by atoms with Crippen LogP contribution >= 0.6 is 0 Å². The molecule has 0 saturated heterocycles. The number of phenols is 1. The molecule has 142 valence electrons. The number of methoxy groups -OCH3 is 1. The van der Waals surface area contributed by atoms with E-state index in [-0.39, 0.29) is 11.3 Å². The first-order chi connectivity index (χ1) is 14.0. The van der Waals surface area contributed by atoms with Crippen LogP contribution < -0.4 is 4.74 Å². The minimum absolute atomic E-state index is 0.183. The minimum atomic E-state index is -1.21. The first kappa shape index (κ1) is 18.1. The number of hydrogen-bond donors (Lipinski definition) is 2. The maximum Gasteiger partial charge on any atom is 0.339 e. The molecule has 1 heterocycles. The lowest BCUT2D eigenvalue weighted by molar-refractivity contribution is 0.0693. The molecular formula is C23H16N2O4. The van der Waals surface area contributed by atoms with Gasteiger partial charge < -0.3 is 19.5 Å². The molecule has 0 bridgehead atoms. The summed E-state index contributed by atoms with van der Waals surface area (Å²) < 4.78 is 7.24. The van der Waals surface area contributed by atoms with Crippen molar-refractivity contribution in [1.82, 2.24) is 4.57 Å². The molecule has 0 spiro atoms. The zero-order valence-electron chi connectivity index (χ0n) is 15.5. The number of benzene rings is 3. The van der Waals surface area contributed by atoms with Crippen LogP contribution in [0, 0.1) is 11.3 Å². The summed E-state index contributed by atoms with van der Waals surface area (Å²) in [6, 6.07) is 18.1. The Morgan fingerprint density at radius 1 is 1.10 bits per heavy atom. The van der Waals surface area contributed by atoms with Crippen molar-refractivity contribution in [3.8, 4) is 34.4 Å². The van der Waals surface area contributed by atoms with Crippen LogP contribution in [0.2, 0.25) is 0 Å². The number of rotatable bonds is 4. The molecule has 6 heteroatoms. The Bertz CT molecular complexity index is 1300. The predicted octanol–water partition coefficient (Wildman–Crippen LogP) is 4.58. The SMILES string of the molecule is COc1ccc2ccccc2c1-c1cn(-c2ccc(C(=O)O)c(O)c2)cc1C#N. The summed E-state index contributed by atoms with van der Waals surface area (Å²) in [5, 5.41) is 30.8. The molecule has 0 saturated carbocycles. The summed E-state index contributed by atoms with van der Waals surface area (Å²) in [7, 11) is 1.58. The molecule has 0 amide bonds. The van der Waals surface area contributed by atoms with E-state index in [0.717, 1.165) is 16.3 Å². The van der Waals surface area contributed by atoms with Gasteiger partial charge in [-0.1, -0.05) is 30.3 Å². The first-order valence-electron chi connectivity index (χ1n) is 8.78. The third kappa shape index (κ3) is 3.05. The molecule has 3 aromatic carbocycles. The molecule has 0 fully saturated rings. The van der Waals surface area contributed by atoms with Gasteiger partial charge in [0.05, 0.1) is 12.7 Å². The molecule has 4 rings (SSSR count). The number of hydrogen-bond acceptors (Lipinski definition) is 4. The molecule has 2 N–H and O–H groups in total. The van der Waals surface area contributed by atoms with Gasteiger partial charge in [-0.2, -0.15) is 5.26 Å². The molecular weight excluding hydrogens is 368 g/mol. The number of aromatic carboxylic acids is 1. The van der Waals surface area contributed by atoms with Crippen LogP contribution in [0.5, 0.6) is 11.5 Å². The van der Waals surface area contributed by atoms with Crippen LogP contribution in [-0.4, -0.2) is 27.9 Å². The van der Waals surface area contributed by atoms with Crippen molar-refractivity contribution in [2.75, 3.05) is 7.11 Å². The van der Waals surface area contributed by atoms with E-state index in [1.165, 1.54) is 12.1 Å². The summed E-state index contributed by atoms with van der Waals surface area (Å²) in [5.74, 6) is -0.908. The topological polar surface area (TPSA) is 95.5 Å². The number of carboxylic acids is 1. The third-order valence-electron chi connectivity index (χ3n) is 4.84. The molecule has 29 heavy (non-hydrogen) atoms. The standard InChI is InChI=1S/C23H16N2O4/c1-29-21-9-6-14-4-2-3-5-17(14)22(21)19-13-25(12-15(19)11-24)16-7-8-18(23(27)28)20(26)10-16/h2-10,12-13,26H,1H3,(H,27,28).